The molecular formula is C20H20O6. The van der Waals surface area contributed by atoms with E-state index in [1.165, 1.54) is 0 Å². The minimum absolute atomic E-state index is 0.0439. The van der Waals surface area contributed by atoms with Crippen molar-refractivity contribution in [2.45, 2.75) is 12.8 Å². The number of hydrogen-bond donors (Lipinski definition) is 1. The van der Waals surface area contributed by atoms with Crippen molar-refractivity contribution in [3.63, 3.8) is 0 Å². The fraction of sp³-hybridized carbons (Fsp3) is 0.300. The molecule has 0 aliphatic carbocycles. The van der Waals surface area contributed by atoms with E-state index in [0.717, 1.165) is 5.56 Å². The molecule has 6 heteroatoms. The highest BCUT2D eigenvalue weighted by molar-refractivity contribution is 6.01. The quantitative estimate of drug-likeness (QED) is 0.606. The predicted molar refractivity (Wildman–Crippen MR) is 93.6 cm³/mol. The van der Waals surface area contributed by atoms with Gasteiger partial charge in [0.05, 0.1) is 31.8 Å². The van der Waals surface area contributed by atoms with Crippen LogP contribution in [0, 0.1) is 0 Å². The maximum absolute atomic E-state index is 12.5. The smallest absolute Gasteiger partial charge is 0.310 e. The molecule has 1 aliphatic rings. The molecule has 1 aliphatic heterocycles. The predicted octanol–water partition coefficient (Wildman–Crippen LogP) is 2.31. The molecular weight excluding hydrogens is 336 g/mol. The highest BCUT2D eigenvalue weighted by atomic mass is 16.6. The third kappa shape index (κ3) is 4.47. The standard InChI is InChI=1S/C20H20O6/c21-7-8-24-9-10-25-20(23)12-14-5-6-19-16(11-14)17(22)13-15-3-1-2-4-18(15)26-19/h1-6,11,21H,7-10,12-13H2. The Morgan fingerprint density at radius 3 is 2.77 bits per heavy atom. The lowest BCUT2D eigenvalue weighted by Gasteiger charge is -2.10. The van der Waals surface area contributed by atoms with Gasteiger partial charge in [0, 0.05) is 12.0 Å². The molecule has 6 nitrogen and oxygen atoms in total. The Bertz CT molecular complexity index is 799. The number of Topliss-reactive ketones (excluding diaryl/α,β-unsaturated/α-hetero) is 1. The fourth-order valence-electron chi connectivity index (χ4n) is 2.73. The van der Waals surface area contributed by atoms with E-state index in [-0.39, 0.29) is 45.1 Å². The van der Waals surface area contributed by atoms with Gasteiger partial charge in [-0.05, 0) is 23.8 Å². The Hall–Kier alpha value is -2.70. The van der Waals surface area contributed by atoms with Crippen LogP contribution < -0.4 is 4.74 Å². The second-order valence-corrected chi connectivity index (χ2v) is 5.87. The lowest BCUT2D eigenvalue weighted by Crippen LogP contribution is -2.14. The van der Waals surface area contributed by atoms with Gasteiger partial charge in [-0.3, -0.25) is 9.59 Å². The number of esters is 1. The summed E-state index contributed by atoms with van der Waals surface area (Å²) in [6.45, 7) is 0.512. The van der Waals surface area contributed by atoms with E-state index in [1.807, 2.05) is 24.3 Å². The molecule has 2 aromatic rings. The molecule has 0 aromatic heterocycles. The summed E-state index contributed by atoms with van der Waals surface area (Å²) < 4.78 is 16.0. The van der Waals surface area contributed by atoms with Gasteiger partial charge >= 0.3 is 5.97 Å². The van der Waals surface area contributed by atoms with Gasteiger partial charge in [0.25, 0.3) is 0 Å². The highest BCUT2D eigenvalue weighted by Crippen LogP contribution is 2.34. The number of ether oxygens (including phenoxy) is 3. The number of ketones is 1. The van der Waals surface area contributed by atoms with Gasteiger partial charge in [-0.15, -0.1) is 0 Å². The topological polar surface area (TPSA) is 82.1 Å². The van der Waals surface area contributed by atoms with Crippen molar-refractivity contribution in [1.29, 1.82) is 0 Å². The van der Waals surface area contributed by atoms with Gasteiger partial charge in [-0.25, -0.2) is 0 Å². The Morgan fingerprint density at radius 2 is 1.92 bits per heavy atom. The van der Waals surface area contributed by atoms with Crippen molar-refractivity contribution < 1.29 is 28.9 Å². The SMILES string of the molecule is O=C(Cc1ccc2c(c1)C(=O)Cc1ccccc1O2)OCCOCCO. The lowest BCUT2D eigenvalue weighted by atomic mass is 10.0. The van der Waals surface area contributed by atoms with Gasteiger partial charge in [0.1, 0.15) is 18.1 Å². The summed E-state index contributed by atoms with van der Waals surface area (Å²) in [5.74, 6) is 0.726. The number of para-hydroxylation sites is 1. The Balaban J connectivity index is 1.65. The first-order valence-electron chi connectivity index (χ1n) is 8.43. The zero-order chi connectivity index (χ0) is 18.4. The van der Waals surface area contributed by atoms with E-state index in [1.54, 1.807) is 18.2 Å². The minimum atomic E-state index is -0.400. The molecule has 2 aromatic carbocycles. The third-order valence-electron chi connectivity index (χ3n) is 3.96. The summed E-state index contributed by atoms with van der Waals surface area (Å²) in [6, 6.07) is 12.6. The van der Waals surface area contributed by atoms with E-state index in [2.05, 4.69) is 0 Å². The maximum atomic E-state index is 12.5. The van der Waals surface area contributed by atoms with Crippen molar-refractivity contribution in [2.24, 2.45) is 0 Å². The van der Waals surface area contributed by atoms with E-state index < -0.39 is 5.97 Å². The summed E-state index contributed by atoms with van der Waals surface area (Å²) in [5, 5.41) is 8.59. The molecule has 0 saturated carbocycles. The molecule has 0 saturated heterocycles. The van der Waals surface area contributed by atoms with Crippen LogP contribution in [-0.4, -0.2) is 43.3 Å². The largest absolute Gasteiger partial charge is 0.463 e. The first-order valence-corrected chi connectivity index (χ1v) is 8.43. The van der Waals surface area contributed by atoms with Gasteiger partial charge in [-0.1, -0.05) is 24.3 Å². The molecule has 0 radical (unpaired) electrons. The zero-order valence-electron chi connectivity index (χ0n) is 14.3. The molecule has 0 atom stereocenters. The lowest BCUT2D eigenvalue weighted by molar-refractivity contribution is -0.144. The molecule has 26 heavy (non-hydrogen) atoms. The van der Waals surface area contributed by atoms with Crippen LogP contribution in [0.4, 0.5) is 0 Å². The minimum Gasteiger partial charge on any atom is -0.463 e. The van der Waals surface area contributed by atoms with Gasteiger partial charge in [0.2, 0.25) is 0 Å². The first kappa shape index (κ1) is 18.1. The second kappa shape index (κ2) is 8.60. The van der Waals surface area contributed by atoms with Crippen LogP contribution in [0.25, 0.3) is 0 Å². The second-order valence-electron chi connectivity index (χ2n) is 5.87. The van der Waals surface area contributed by atoms with Gasteiger partial charge < -0.3 is 19.3 Å². The van der Waals surface area contributed by atoms with Crippen molar-refractivity contribution in [1.82, 2.24) is 0 Å². The number of benzene rings is 2. The summed E-state index contributed by atoms with van der Waals surface area (Å²) in [4.78, 5) is 24.4. The number of aliphatic hydroxyl groups is 1. The number of carbonyl (C=O) groups excluding carboxylic acids is 2. The van der Waals surface area contributed by atoms with Crippen LogP contribution in [0.15, 0.2) is 42.5 Å². The van der Waals surface area contributed by atoms with Gasteiger partial charge in [-0.2, -0.15) is 0 Å². The van der Waals surface area contributed by atoms with E-state index in [9.17, 15) is 9.59 Å². The number of aliphatic hydroxyl groups excluding tert-OH is 1. The molecule has 1 heterocycles. The molecule has 0 fully saturated rings. The number of rotatable bonds is 7. The zero-order valence-corrected chi connectivity index (χ0v) is 14.3. The van der Waals surface area contributed by atoms with Gasteiger partial charge in [0.15, 0.2) is 5.78 Å². The van der Waals surface area contributed by atoms with Crippen LogP contribution in [0.5, 0.6) is 11.5 Å². The Morgan fingerprint density at radius 1 is 1.08 bits per heavy atom. The first-order chi connectivity index (χ1) is 12.7. The summed E-state index contributed by atoms with van der Waals surface area (Å²) in [7, 11) is 0. The van der Waals surface area contributed by atoms with E-state index >= 15 is 0 Å². The Labute approximate surface area is 151 Å². The maximum Gasteiger partial charge on any atom is 0.310 e. The third-order valence-corrected chi connectivity index (χ3v) is 3.96. The fourth-order valence-corrected chi connectivity index (χ4v) is 2.73. The monoisotopic (exact) mass is 356 g/mol. The van der Waals surface area contributed by atoms with Crippen LogP contribution >= 0.6 is 0 Å². The molecule has 136 valence electrons. The number of hydrogen-bond acceptors (Lipinski definition) is 6. The van der Waals surface area contributed by atoms with Crippen molar-refractivity contribution in [3.05, 3.63) is 59.2 Å². The van der Waals surface area contributed by atoms with Crippen molar-refractivity contribution in [3.8, 4) is 11.5 Å². The van der Waals surface area contributed by atoms with Crippen molar-refractivity contribution >= 4 is 11.8 Å². The average molecular weight is 356 g/mol. The molecule has 1 N–H and O–H groups in total. The summed E-state index contributed by atoms with van der Waals surface area (Å²) in [6.07, 6.45) is 0.326. The van der Waals surface area contributed by atoms with Crippen LogP contribution in [0.1, 0.15) is 21.5 Å². The molecule has 0 spiro atoms. The number of carbonyl (C=O) groups is 2. The highest BCUT2D eigenvalue weighted by Gasteiger charge is 2.21. The van der Waals surface area contributed by atoms with E-state index in [0.29, 0.717) is 22.6 Å². The van der Waals surface area contributed by atoms with E-state index in [4.69, 9.17) is 19.3 Å². The molecule has 0 bridgehead atoms. The van der Waals surface area contributed by atoms with Crippen LogP contribution in [0.2, 0.25) is 0 Å². The molecule has 0 unspecified atom stereocenters. The van der Waals surface area contributed by atoms with Crippen LogP contribution in [0.3, 0.4) is 0 Å². The Kier molecular flexibility index (Phi) is 5.99. The average Bonchev–Trinajstić information content (AvgIpc) is 2.77. The number of fused-ring (bicyclic) bond motifs is 2. The molecule has 3 rings (SSSR count). The van der Waals surface area contributed by atoms with Crippen molar-refractivity contribution in [2.75, 3.05) is 26.4 Å². The molecule has 0 amide bonds. The normalized spacial score (nSPS) is 12.6. The van der Waals surface area contributed by atoms with Crippen LogP contribution in [-0.2, 0) is 27.1 Å². The summed E-state index contributed by atoms with van der Waals surface area (Å²) in [5.41, 5.74) is 2.00. The summed E-state index contributed by atoms with van der Waals surface area (Å²) >= 11 is 0.